The first-order valence-corrected chi connectivity index (χ1v) is 21.0. The first-order chi connectivity index (χ1) is 24.6. The lowest BCUT2D eigenvalue weighted by molar-refractivity contribution is -0.153. The number of hydrogen-bond donors (Lipinski definition) is 0. The van der Waals surface area contributed by atoms with Crippen LogP contribution in [0, 0.1) is 0 Å². The van der Waals surface area contributed by atoms with Crippen LogP contribution in [0.25, 0.3) is 0 Å². The molecule has 0 saturated heterocycles. The lowest BCUT2D eigenvalue weighted by atomic mass is 10.1. The summed E-state index contributed by atoms with van der Waals surface area (Å²) >= 11 is 0. The van der Waals surface area contributed by atoms with Crippen LogP contribution in [0.5, 0.6) is 0 Å². The predicted octanol–water partition coefficient (Wildman–Crippen LogP) is 10.3. The van der Waals surface area contributed by atoms with E-state index in [1.165, 1.54) is 89.9 Å². The van der Waals surface area contributed by atoms with Crippen molar-refractivity contribution in [2.45, 2.75) is 220 Å². The van der Waals surface area contributed by atoms with Crippen molar-refractivity contribution in [1.29, 1.82) is 0 Å². The highest BCUT2D eigenvalue weighted by Gasteiger charge is 2.15. The van der Waals surface area contributed by atoms with Gasteiger partial charge in [-0.1, -0.05) is 117 Å². The van der Waals surface area contributed by atoms with Gasteiger partial charge >= 0.3 is 11.9 Å². The molecule has 0 rings (SSSR count). The second kappa shape index (κ2) is 35.8. The molecule has 0 N–H and O–H groups in total. The number of carbonyl (C=O) groups is 2. The molecule has 6 atom stereocenters. The van der Waals surface area contributed by atoms with Gasteiger partial charge in [0, 0.05) is 12.8 Å². The lowest BCUT2D eigenvalue weighted by Gasteiger charge is -2.22. The van der Waals surface area contributed by atoms with Crippen molar-refractivity contribution in [3.8, 4) is 0 Å². The van der Waals surface area contributed by atoms with Gasteiger partial charge in [-0.05, 0) is 54.4 Å². The monoisotopic (exact) mass is 731 g/mol. The second-order valence-electron chi connectivity index (χ2n) is 14.9. The van der Waals surface area contributed by atoms with Crippen LogP contribution in [0.3, 0.4) is 0 Å². The maximum absolute atomic E-state index is 12.2. The summed E-state index contributed by atoms with van der Waals surface area (Å²) < 4.78 is 40.3. The molecule has 0 radical (unpaired) electrons. The Kier molecular flexibility index (Phi) is 34.9. The smallest absolute Gasteiger partial charge is 0.306 e. The summed E-state index contributed by atoms with van der Waals surface area (Å²) in [5, 5.41) is 0. The summed E-state index contributed by atoms with van der Waals surface area (Å²) in [5.74, 6) is -0.286. The van der Waals surface area contributed by atoms with Gasteiger partial charge in [-0.15, -0.1) is 0 Å². The average Bonchev–Trinajstić information content (AvgIpc) is 3.11. The van der Waals surface area contributed by atoms with E-state index in [0.717, 1.165) is 25.7 Å². The Balaban J connectivity index is 3.80. The normalized spacial score (nSPS) is 15.2. The zero-order chi connectivity index (χ0) is 38.0. The Morgan fingerprint density at radius 1 is 0.353 bits per heavy atom. The summed E-state index contributed by atoms with van der Waals surface area (Å²) in [6, 6.07) is 0. The molecule has 0 bridgehead atoms. The van der Waals surface area contributed by atoms with E-state index in [2.05, 4.69) is 13.8 Å². The topological polar surface area (TPSA) is 98.8 Å². The van der Waals surface area contributed by atoms with Gasteiger partial charge in [-0.2, -0.15) is 0 Å². The van der Waals surface area contributed by atoms with Crippen molar-refractivity contribution < 1.29 is 42.7 Å². The van der Waals surface area contributed by atoms with Crippen LogP contribution in [0.15, 0.2) is 0 Å². The third-order valence-corrected chi connectivity index (χ3v) is 8.86. The van der Waals surface area contributed by atoms with Crippen molar-refractivity contribution in [2.75, 3.05) is 39.6 Å². The molecule has 0 aromatic carbocycles. The molecule has 0 amide bonds. The molecule has 9 heteroatoms. The fourth-order valence-electron chi connectivity index (χ4n) is 5.50. The van der Waals surface area contributed by atoms with Crippen molar-refractivity contribution >= 4 is 11.9 Å². The second-order valence-corrected chi connectivity index (χ2v) is 14.9. The van der Waals surface area contributed by atoms with Crippen molar-refractivity contribution in [1.82, 2.24) is 0 Å². The Hall–Kier alpha value is -1.26. The summed E-state index contributed by atoms with van der Waals surface area (Å²) in [7, 11) is 0. The van der Waals surface area contributed by atoms with E-state index >= 15 is 0 Å². The molecule has 0 aromatic rings. The van der Waals surface area contributed by atoms with Gasteiger partial charge in [-0.3, -0.25) is 9.59 Å². The van der Waals surface area contributed by atoms with Crippen LogP contribution < -0.4 is 0 Å². The van der Waals surface area contributed by atoms with Gasteiger partial charge in [0.2, 0.25) is 0 Å². The largest absolute Gasteiger partial charge is 0.463 e. The first kappa shape index (κ1) is 49.7. The van der Waals surface area contributed by atoms with E-state index in [4.69, 9.17) is 33.2 Å². The van der Waals surface area contributed by atoms with E-state index in [1.54, 1.807) is 0 Å². The van der Waals surface area contributed by atoms with Crippen LogP contribution in [0.4, 0.5) is 0 Å². The minimum absolute atomic E-state index is 0.0994. The summed E-state index contributed by atoms with van der Waals surface area (Å²) in [4.78, 5) is 24.2. The molecule has 0 aliphatic rings. The molecule has 51 heavy (non-hydrogen) atoms. The molecule has 304 valence electrons. The molecule has 6 unspecified atom stereocenters. The van der Waals surface area contributed by atoms with E-state index in [9.17, 15) is 9.59 Å². The van der Waals surface area contributed by atoms with Gasteiger partial charge in [0.1, 0.15) is 12.7 Å². The molecule has 0 aliphatic carbocycles. The highest BCUT2D eigenvalue weighted by Crippen LogP contribution is 2.13. The van der Waals surface area contributed by atoms with Crippen LogP contribution in [-0.4, -0.2) is 88.2 Å². The van der Waals surface area contributed by atoms with Crippen LogP contribution in [0.1, 0.15) is 184 Å². The third kappa shape index (κ3) is 35.5. The SMILES string of the molecule is CCCCCCCCCCCC(=O)OCC(C)OCC(C)OCC(C)OCC(C)OCC(C)OCC(C)OC(=O)CCCCCCCCCCC. The third-order valence-electron chi connectivity index (χ3n) is 8.86. The Morgan fingerprint density at radius 2 is 0.627 bits per heavy atom. The number of carbonyl (C=O) groups excluding carboxylic acids is 2. The van der Waals surface area contributed by atoms with Crippen LogP contribution in [-0.2, 0) is 42.7 Å². The van der Waals surface area contributed by atoms with Crippen molar-refractivity contribution in [2.24, 2.45) is 0 Å². The summed E-state index contributed by atoms with van der Waals surface area (Å²) in [6.45, 7) is 18.4. The van der Waals surface area contributed by atoms with Crippen molar-refractivity contribution in [3.63, 3.8) is 0 Å². The molecule has 0 spiro atoms. The Labute approximate surface area is 314 Å². The fraction of sp³-hybridized carbons (Fsp3) is 0.952. The van der Waals surface area contributed by atoms with Gasteiger partial charge in [-0.25, -0.2) is 0 Å². The zero-order valence-corrected chi connectivity index (χ0v) is 34.5. The molecule has 0 aromatic heterocycles. The molecule has 0 saturated carbocycles. The summed E-state index contributed by atoms with van der Waals surface area (Å²) in [5.41, 5.74) is 0. The van der Waals surface area contributed by atoms with Gasteiger partial charge in [0.15, 0.2) is 0 Å². The van der Waals surface area contributed by atoms with E-state index in [1.807, 2.05) is 41.5 Å². The predicted molar refractivity (Wildman–Crippen MR) is 207 cm³/mol. The van der Waals surface area contributed by atoms with Gasteiger partial charge in [0.25, 0.3) is 0 Å². The number of ether oxygens (including phenoxy) is 7. The maximum Gasteiger partial charge on any atom is 0.306 e. The number of hydrogen-bond acceptors (Lipinski definition) is 9. The summed E-state index contributed by atoms with van der Waals surface area (Å²) in [6.07, 6.45) is 22.1. The van der Waals surface area contributed by atoms with E-state index in [0.29, 0.717) is 45.9 Å². The number of unbranched alkanes of at least 4 members (excludes halogenated alkanes) is 16. The molecular weight excluding hydrogens is 648 g/mol. The van der Waals surface area contributed by atoms with E-state index < -0.39 is 0 Å². The zero-order valence-electron chi connectivity index (χ0n) is 34.5. The Bertz CT molecular complexity index is 779. The molecule has 9 nitrogen and oxygen atoms in total. The lowest BCUT2D eigenvalue weighted by Crippen LogP contribution is -2.30. The molecule has 0 aliphatic heterocycles. The maximum atomic E-state index is 12.2. The molecular formula is C42H82O9. The quantitative estimate of drug-likeness (QED) is 0.0454. The standard InChI is InChI=1S/C42H82O9/c1-9-11-13-15-17-19-21-23-25-27-41(43)50-33-39(7)48-31-37(5)46-29-35(3)45-30-36(4)47-32-38(6)49-34-40(8)51-42(44)28-26-24-22-20-18-16-14-12-10-2/h35-40H,9-34H2,1-8H3. The molecule has 0 heterocycles. The van der Waals surface area contributed by atoms with Gasteiger partial charge in [0.05, 0.1) is 63.6 Å². The molecule has 0 fully saturated rings. The minimum atomic E-state index is -0.284. The average molecular weight is 731 g/mol. The number of rotatable bonds is 38. The minimum Gasteiger partial charge on any atom is -0.463 e. The van der Waals surface area contributed by atoms with Gasteiger partial charge < -0.3 is 33.2 Å². The fourth-order valence-corrected chi connectivity index (χ4v) is 5.50. The highest BCUT2D eigenvalue weighted by atomic mass is 16.6. The Morgan fingerprint density at radius 3 is 0.980 bits per heavy atom. The first-order valence-electron chi connectivity index (χ1n) is 21.0. The number of esters is 2. The highest BCUT2D eigenvalue weighted by molar-refractivity contribution is 5.69. The van der Waals surface area contributed by atoms with Crippen LogP contribution in [0.2, 0.25) is 0 Å². The van der Waals surface area contributed by atoms with Crippen molar-refractivity contribution in [3.05, 3.63) is 0 Å². The van der Waals surface area contributed by atoms with E-state index in [-0.39, 0.29) is 55.2 Å². The van der Waals surface area contributed by atoms with Crippen LogP contribution >= 0.6 is 0 Å².